The molecule has 1 aromatic carbocycles. The van der Waals surface area contributed by atoms with Gasteiger partial charge in [-0.2, -0.15) is 0 Å². The molecule has 0 saturated heterocycles. The van der Waals surface area contributed by atoms with E-state index in [0.29, 0.717) is 0 Å². The second-order valence-electron chi connectivity index (χ2n) is 2.82. The Kier molecular flexibility index (Phi) is 7.77. The predicted octanol–water partition coefficient (Wildman–Crippen LogP) is 1.33. The zero-order valence-corrected chi connectivity index (χ0v) is 10.7. The molecule has 0 fully saturated rings. The van der Waals surface area contributed by atoms with Crippen molar-refractivity contribution < 1.29 is 37.8 Å². The Balaban J connectivity index is 0.00000144. The summed E-state index contributed by atoms with van der Waals surface area (Å²) in [6.45, 7) is 0.843. The number of aliphatic hydroxyl groups is 1. The van der Waals surface area contributed by atoms with Crippen LogP contribution in [0.2, 0.25) is 0 Å². The average molecular weight is 254 g/mol. The largest absolute Gasteiger partial charge is 0.388 e. The fourth-order valence-corrected chi connectivity index (χ4v) is 1.12. The molecule has 0 aliphatic heterocycles. The molecule has 0 spiro atoms. The van der Waals surface area contributed by atoms with Crippen LogP contribution in [0.25, 0.3) is 0 Å². The predicted molar refractivity (Wildman–Crippen MR) is 49.9 cm³/mol. The van der Waals surface area contributed by atoms with Crippen LogP contribution in [0.1, 0.15) is 18.1 Å². The van der Waals surface area contributed by atoms with Crippen molar-refractivity contribution in [3.8, 4) is 0 Å². The third kappa shape index (κ3) is 4.87. The summed E-state index contributed by atoms with van der Waals surface area (Å²) in [5.74, 6) is 0. The molecule has 2 N–H and O–H groups in total. The van der Waals surface area contributed by atoms with Gasteiger partial charge >= 0.3 is 0 Å². The summed E-state index contributed by atoms with van der Waals surface area (Å²) in [6, 6.07) is 9.73. The maximum atomic E-state index is 9.61. The number of aliphatic hydroxyl groups excluding tert-OH is 1. The zero-order valence-electron chi connectivity index (χ0n) is 7.90. The third-order valence-corrected chi connectivity index (χ3v) is 1.85. The van der Waals surface area contributed by atoms with E-state index in [4.69, 9.17) is 0 Å². The molecule has 0 unspecified atom stereocenters. The van der Waals surface area contributed by atoms with Gasteiger partial charge in [-0.25, -0.2) is 0 Å². The standard InChI is InChI=1S/C10H15NO.Y/c1-11-8-7-10(12)9-5-3-2-4-6-9;/h2-6,10-12H,7-8H2,1H3;/t10-;/m1./s1. The van der Waals surface area contributed by atoms with Gasteiger partial charge in [0.05, 0.1) is 6.10 Å². The van der Waals surface area contributed by atoms with E-state index in [-0.39, 0.29) is 38.8 Å². The van der Waals surface area contributed by atoms with Crippen molar-refractivity contribution in [3.63, 3.8) is 0 Å². The van der Waals surface area contributed by atoms with Gasteiger partial charge in [0.25, 0.3) is 0 Å². The summed E-state index contributed by atoms with van der Waals surface area (Å²) in [5.41, 5.74) is 0.993. The van der Waals surface area contributed by atoms with Crippen LogP contribution >= 0.6 is 0 Å². The minimum absolute atomic E-state index is 0. The SMILES string of the molecule is CNCC[C@@H](O)c1ccccc1.[Y]. The van der Waals surface area contributed by atoms with Crippen LogP contribution < -0.4 is 5.32 Å². The van der Waals surface area contributed by atoms with Crippen LogP contribution in [0, 0.1) is 0 Å². The molecule has 69 valence electrons. The van der Waals surface area contributed by atoms with Gasteiger partial charge < -0.3 is 10.4 Å². The van der Waals surface area contributed by atoms with Gasteiger partial charge in [0, 0.05) is 32.7 Å². The fraction of sp³-hybridized carbons (Fsp3) is 0.400. The van der Waals surface area contributed by atoms with Crippen LogP contribution in [0.15, 0.2) is 30.3 Å². The summed E-state index contributed by atoms with van der Waals surface area (Å²) in [6.07, 6.45) is 0.430. The van der Waals surface area contributed by atoms with Gasteiger partial charge in [-0.3, -0.25) is 0 Å². The molecule has 0 amide bonds. The smallest absolute Gasteiger partial charge is 0.0802 e. The fourth-order valence-electron chi connectivity index (χ4n) is 1.12. The molecule has 1 radical (unpaired) electrons. The molecule has 13 heavy (non-hydrogen) atoms. The Labute approximate surface area is 105 Å². The monoisotopic (exact) mass is 254 g/mol. The van der Waals surface area contributed by atoms with Gasteiger partial charge in [0.15, 0.2) is 0 Å². The number of rotatable bonds is 4. The van der Waals surface area contributed by atoms with E-state index in [1.54, 1.807) is 0 Å². The first-order valence-electron chi connectivity index (χ1n) is 4.22. The number of benzene rings is 1. The Morgan fingerprint density at radius 3 is 2.46 bits per heavy atom. The normalized spacial score (nSPS) is 11.8. The summed E-state index contributed by atoms with van der Waals surface area (Å²) < 4.78 is 0. The van der Waals surface area contributed by atoms with E-state index in [1.807, 2.05) is 37.4 Å². The topological polar surface area (TPSA) is 32.3 Å². The van der Waals surface area contributed by atoms with Crippen molar-refractivity contribution in [3.05, 3.63) is 35.9 Å². The van der Waals surface area contributed by atoms with Gasteiger partial charge in [0.1, 0.15) is 0 Å². The van der Waals surface area contributed by atoms with E-state index in [2.05, 4.69) is 5.32 Å². The van der Waals surface area contributed by atoms with E-state index in [0.717, 1.165) is 18.5 Å². The first kappa shape index (κ1) is 13.2. The van der Waals surface area contributed by atoms with Crippen molar-refractivity contribution in [2.45, 2.75) is 12.5 Å². The molecule has 3 heteroatoms. The second-order valence-corrected chi connectivity index (χ2v) is 2.82. The van der Waals surface area contributed by atoms with Gasteiger partial charge in [-0.15, -0.1) is 0 Å². The quantitative estimate of drug-likeness (QED) is 0.849. The first-order valence-corrected chi connectivity index (χ1v) is 4.22. The summed E-state index contributed by atoms with van der Waals surface area (Å²) in [4.78, 5) is 0. The molecule has 1 atom stereocenters. The molecule has 0 aromatic heterocycles. The Morgan fingerprint density at radius 1 is 1.31 bits per heavy atom. The van der Waals surface area contributed by atoms with E-state index in [1.165, 1.54) is 0 Å². The van der Waals surface area contributed by atoms with Crippen LogP contribution in [0.4, 0.5) is 0 Å². The molecule has 1 rings (SSSR count). The number of hydrogen-bond donors (Lipinski definition) is 2. The van der Waals surface area contributed by atoms with Crippen molar-refractivity contribution in [1.29, 1.82) is 0 Å². The van der Waals surface area contributed by atoms with Gasteiger partial charge in [-0.1, -0.05) is 30.3 Å². The molecule has 1 aromatic rings. The Morgan fingerprint density at radius 2 is 1.92 bits per heavy atom. The minimum atomic E-state index is -0.335. The van der Waals surface area contributed by atoms with E-state index in [9.17, 15) is 5.11 Å². The van der Waals surface area contributed by atoms with Crippen molar-refractivity contribution in [2.75, 3.05) is 13.6 Å². The first-order chi connectivity index (χ1) is 5.84. The van der Waals surface area contributed by atoms with E-state index < -0.39 is 0 Å². The second kappa shape index (κ2) is 7.63. The maximum Gasteiger partial charge on any atom is 0.0802 e. The molecular formula is C10H15NOY. The van der Waals surface area contributed by atoms with Gasteiger partial charge in [0.2, 0.25) is 0 Å². The Bertz CT molecular complexity index is 215. The summed E-state index contributed by atoms with van der Waals surface area (Å²) >= 11 is 0. The van der Waals surface area contributed by atoms with Gasteiger partial charge in [-0.05, 0) is 25.6 Å². The molecule has 0 heterocycles. The number of nitrogens with one attached hydrogen (secondary N) is 1. The molecule has 2 nitrogen and oxygen atoms in total. The van der Waals surface area contributed by atoms with Crippen molar-refractivity contribution in [1.82, 2.24) is 5.32 Å². The van der Waals surface area contributed by atoms with Crippen LogP contribution in [0.5, 0.6) is 0 Å². The maximum absolute atomic E-state index is 9.61. The molecule has 0 saturated carbocycles. The van der Waals surface area contributed by atoms with E-state index >= 15 is 0 Å². The van der Waals surface area contributed by atoms with Crippen molar-refractivity contribution >= 4 is 0 Å². The average Bonchev–Trinajstić information content (AvgIpc) is 2.15. The van der Waals surface area contributed by atoms with Crippen LogP contribution in [0.3, 0.4) is 0 Å². The zero-order chi connectivity index (χ0) is 8.81. The summed E-state index contributed by atoms with van der Waals surface area (Å²) in [7, 11) is 1.89. The molecule has 0 bridgehead atoms. The number of hydrogen-bond acceptors (Lipinski definition) is 2. The van der Waals surface area contributed by atoms with Crippen LogP contribution in [-0.2, 0) is 32.7 Å². The molecule has 0 aliphatic carbocycles. The third-order valence-electron chi connectivity index (χ3n) is 1.85. The molecule has 0 aliphatic rings. The minimum Gasteiger partial charge on any atom is -0.388 e. The summed E-state index contributed by atoms with van der Waals surface area (Å²) in [5, 5.41) is 12.6. The van der Waals surface area contributed by atoms with Crippen LogP contribution in [-0.4, -0.2) is 18.7 Å². The van der Waals surface area contributed by atoms with Crippen molar-refractivity contribution in [2.24, 2.45) is 0 Å². The molecular weight excluding hydrogens is 239 g/mol. The Hall–Kier alpha value is 0.244.